The van der Waals surface area contributed by atoms with E-state index in [0.29, 0.717) is 31.7 Å². The molecule has 0 aliphatic rings. The number of thioether (sulfide) groups is 1. The van der Waals surface area contributed by atoms with Gasteiger partial charge in [-0.25, -0.2) is 0 Å². The van der Waals surface area contributed by atoms with E-state index in [-0.39, 0.29) is 17.8 Å². The van der Waals surface area contributed by atoms with Gasteiger partial charge < -0.3 is 14.6 Å². The number of carbonyl (C=O) groups is 1. The summed E-state index contributed by atoms with van der Waals surface area (Å²) in [6.45, 7) is 1.89. The van der Waals surface area contributed by atoms with Crippen molar-refractivity contribution in [2.24, 2.45) is 7.05 Å². The molecule has 1 heterocycles. The molecule has 0 aliphatic heterocycles. The molecule has 1 aromatic heterocycles. The molecule has 1 N–H and O–H groups in total. The van der Waals surface area contributed by atoms with E-state index in [2.05, 4.69) is 15.5 Å². The lowest BCUT2D eigenvalue weighted by Gasteiger charge is -2.14. The normalized spacial score (nSPS) is 11.9. The summed E-state index contributed by atoms with van der Waals surface area (Å²) in [6, 6.07) is 12.5. The second kappa shape index (κ2) is 9.71. The number of para-hydroxylation sites is 1. The summed E-state index contributed by atoms with van der Waals surface area (Å²) in [5, 5.41) is 12.6. The molecule has 10 heteroatoms. The third-order valence-corrected chi connectivity index (χ3v) is 5.96. The maximum atomic E-state index is 12.3. The highest BCUT2D eigenvalue weighted by molar-refractivity contribution is 7.99. The minimum absolute atomic E-state index is 0.121. The molecule has 0 saturated carbocycles. The molecule has 3 aromatic rings. The zero-order valence-electron chi connectivity index (χ0n) is 15.5. The topological polar surface area (TPSA) is 69.0 Å². The summed E-state index contributed by atoms with van der Waals surface area (Å²) in [4.78, 5) is 12.3. The van der Waals surface area contributed by atoms with Crippen LogP contribution in [0.5, 0.6) is 5.75 Å². The lowest BCUT2D eigenvalue weighted by atomic mass is 10.3. The maximum Gasteiger partial charge on any atom is 0.234 e. The van der Waals surface area contributed by atoms with Crippen molar-refractivity contribution in [2.45, 2.75) is 18.2 Å². The minimum Gasteiger partial charge on any atom is -0.483 e. The first kappa shape index (κ1) is 21.8. The fourth-order valence-corrected chi connectivity index (χ4v) is 3.81. The van der Waals surface area contributed by atoms with E-state index in [1.165, 1.54) is 23.9 Å². The Morgan fingerprint density at radius 3 is 2.55 bits per heavy atom. The van der Waals surface area contributed by atoms with Gasteiger partial charge in [-0.2, -0.15) is 0 Å². The predicted octanol–water partition coefficient (Wildman–Crippen LogP) is 5.65. The van der Waals surface area contributed by atoms with E-state index in [0.717, 1.165) is 5.75 Å². The van der Waals surface area contributed by atoms with Crippen molar-refractivity contribution in [3.8, 4) is 5.75 Å². The number of ether oxygens (including phenoxy) is 1. The molecule has 0 unspecified atom stereocenters. The molecule has 3 rings (SSSR count). The van der Waals surface area contributed by atoms with Gasteiger partial charge in [-0.1, -0.05) is 64.8 Å². The van der Waals surface area contributed by atoms with Crippen LogP contribution in [0.15, 0.2) is 47.6 Å². The molecule has 1 amide bonds. The van der Waals surface area contributed by atoms with Gasteiger partial charge in [0, 0.05) is 7.05 Å². The fourth-order valence-electron chi connectivity index (χ4n) is 2.50. The van der Waals surface area contributed by atoms with Gasteiger partial charge in [0.25, 0.3) is 0 Å². The van der Waals surface area contributed by atoms with E-state index < -0.39 is 0 Å². The van der Waals surface area contributed by atoms with Crippen molar-refractivity contribution < 1.29 is 9.53 Å². The highest BCUT2D eigenvalue weighted by Gasteiger charge is 2.18. The summed E-state index contributed by atoms with van der Waals surface area (Å²) < 4.78 is 7.69. The van der Waals surface area contributed by atoms with E-state index >= 15 is 0 Å². The first-order valence-electron chi connectivity index (χ1n) is 8.53. The number of hydrogen-bond donors (Lipinski definition) is 1. The number of amides is 1. The molecule has 0 aliphatic carbocycles. The second-order valence-electron chi connectivity index (χ2n) is 6.06. The minimum atomic E-state index is -0.298. The Labute approximate surface area is 187 Å². The van der Waals surface area contributed by atoms with Gasteiger partial charge in [-0.05, 0) is 31.2 Å². The van der Waals surface area contributed by atoms with Crippen molar-refractivity contribution in [3.63, 3.8) is 0 Å². The van der Waals surface area contributed by atoms with Gasteiger partial charge in [0.15, 0.2) is 17.1 Å². The highest BCUT2D eigenvalue weighted by Crippen LogP contribution is 2.32. The van der Waals surface area contributed by atoms with Crippen molar-refractivity contribution in [2.75, 3.05) is 11.1 Å². The fraction of sp³-hybridized carbons (Fsp3) is 0.211. The Kier molecular flexibility index (Phi) is 7.29. The Balaban J connectivity index is 1.60. The molecule has 1 atom stereocenters. The van der Waals surface area contributed by atoms with Crippen LogP contribution < -0.4 is 10.1 Å². The first-order valence-corrected chi connectivity index (χ1v) is 10.6. The summed E-state index contributed by atoms with van der Waals surface area (Å²) in [5.74, 6) is 1.27. The van der Waals surface area contributed by atoms with Crippen LogP contribution in [0.1, 0.15) is 18.9 Å². The molecular formula is C19H17Cl3N4O2S. The van der Waals surface area contributed by atoms with Crippen LogP contribution in [-0.4, -0.2) is 26.4 Å². The van der Waals surface area contributed by atoms with Gasteiger partial charge >= 0.3 is 0 Å². The average molecular weight is 472 g/mol. The lowest BCUT2D eigenvalue weighted by Crippen LogP contribution is -2.15. The Morgan fingerprint density at radius 1 is 1.14 bits per heavy atom. The summed E-state index contributed by atoms with van der Waals surface area (Å²) in [5.41, 5.74) is 0.398. The number of anilines is 1. The number of carbonyl (C=O) groups excluding carboxylic acids is 1. The van der Waals surface area contributed by atoms with Gasteiger partial charge in [0.2, 0.25) is 5.91 Å². The Bertz CT molecular complexity index is 1010. The second-order valence-corrected chi connectivity index (χ2v) is 8.22. The summed E-state index contributed by atoms with van der Waals surface area (Å²) >= 11 is 19.2. The molecule has 0 radical (unpaired) electrons. The van der Waals surface area contributed by atoms with Crippen LogP contribution in [0.2, 0.25) is 15.1 Å². The molecule has 29 heavy (non-hydrogen) atoms. The predicted molar refractivity (Wildman–Crippen MR) is 117 cm³/mol. The van der Waals surface area contributed by atoms with Crippen molar-refractivity contribution in [1.29, 1.82) is 0 Å². The summed E-state index contributed by atoms with van der Waals surface area (Å²) in [7, 11) is 1.83. The van der Waals surface area contributed by atoms with E-state index in [9.17, 15) is 4.79 Å². The van der Waals surface area contributed by atoms with Crippen LogP contribution in [0.3, 0.4) is 0 Å². The first-order chi connectivity index (χ1) is 13.8. The molecule has 0 fully saturated rings. The Morgan fingerprint density at radius 2 is 1.83 bits per heavy atom. The van der Waals surface area contributed by atoms with Crippen LogP contribution >= 0.6 is 46.6 Å². The number of halogens is 3. The van der Waals surface area contributed by atoms with E-state index in [4.69, 9.17) is 39.5 Å². The zero-order chi connectivity index (χ0) is 21.0. The van der Waals surface area contributed by atoms with Gasteiger partial charge in [0.05, 0.1) is 26.5 Å². The van der Waals surface area contributed by atoms with Gasteiger partial charge in [-0.15, -0.1) is 10.2 Å². The molecule has 0 spiro atoms. The summed E-state index contributed by atoms with van der Waals surface area (Å²) in [6.07, 6.45) is -0.298. The van der Waals surface area contributed by atoms with Crippen molar-refractivity contribution >= 4 is 58.2 Å². The Hall–Kier alpha value is -1.93. The largest absolute Gasteiger partial charge is 0.483 e. The smallest absolute Gasteiger partial charge is 0.234 e. The monoisotopic (exact) mass is 470 g/mol. The third-order valence-electron chi connectivity index (χ3n) is 3.90. The zero-order valence-corrected chi connectivity index (χ0v) is 18.6. The van der Waals surface area contributed by atoms with Crippen LogP contribution in [0.4, 0.5) is 5.69 Å². The molecule has 2 aromatic carbocycles. The number of aromatic nitrogens is 3. The van der Waals surface area contributed by atoms with E-state index in [1.54, 1.807) is 4.57 Å². The molecular weight excluding hydrogens is 455 g/mol. The quantitative estimate of drug-likeness (QED) is 0.356. The number of nitrogens with zero attached hydrogens (tertiary/aromatic N) is 3. The average Bonchev–Trinajstić information content (AvgIpc) is 3.06. The highest BCUT2D eigenvalue weighted by atomic mass is 35.5. The lowest BCUT2D eigenvalue weighted by molar-refractivity contribution is -0.113. The van der Waals surface area contributed by atoms with Crippen molar-refractivity contribution in [3.05, 3.63) is 63.4 Å². The van der Waals surface area contributed by atoms with Gasteiger partial charge in [-0.3, -0.25) is 4.79 Å². The number of hydrogen-bond acceptors (Lipinski definition) is 5. The van der Waals surface area contributed by atoms with Crippen LogP contribution in [-0.2, 0) is 11.8 Å². The molecule has 0 bridgehead atoms. The number of rotatable bonds is 7. The molecule has 0 saturated heterocycles. The maximum absolute atomic E-state index is 12.3. The van der Waals surface area contributed by atoms with Gasteiger partial charge in [0.1, 0.15) is 5.75 Å². The van der Waals surface area contributed by atoms with E-state index in [1.807, 2.05) is 44.3 Å². The third kappa shape index (κ3) is 5.57. The SMILES string of the molecule is C[C@@H](Oc1ccccc1)c1nnc(SCC(=O)Nc2cc(Cl)c(Cl)cc2Cl)n1C. The molecule has 6 nitrogen and oxygen atoms in total. The molecule has 152 valence electrons. The van der Waals surface area contributed by atoms with Crippen LogP contribution in [0, 0.1) is 0 Å². The standard InChI is InChI=1S/C19H17Cl3N4O2S/c1-11(28-12-6-4-3-5-7-12)18-24-25-19(26(18)2)29-10-17(27)23-16-9-14(21)13(20)8-15(16)22/h3-9,11H,10H2,1-2H3,(H,23,27)/t11-/m1/s1. The van der Waals surface area contributed by atoms with Crippen molar-refractivity contribution in [1.82, 2.24) is 14.8 Å². The number of nitrogens with one attached hydrogen (secondary N) is 1. The van der Waals surface area contributed by atoms with Crippen LogP contribution in [0.25, 0.3) is 0 Å². The number of benzene rings is 2.